The predicted molar refractivity (Wildman–Crippen MR) is 125 cm³/mol. The Hall–Kier alpha value is -3.19. The molecule has 1 aliphatic rings. The Morgan fingerprint density at radius 3 is 2.42 bits per heavy atom. The molecular weight excluding hydrogens is 423 g/mol. The average molecular weight is 455 g/mol. The van der Waals surface area contributed by atoms with Gasteiger partial charge >= 0.3 is 0 Å². The average Bonchev–Trinajstić information content (AvgIpc) is 3.07. The third kappa shape index (κ3) is 5.42. The van der Waals surface area contributed by atoms with Crippen LogP contribution in [-0.4, -0.2) is 59.4 Å². The molecule has 7 heteroatoms. The number of halogens is 1. The van der Waals surface area contributed by atoms with Crippen LogP contribution in [0.5, 0.6) is 5.75 Å². The molecule has 33 heavy (non-hydrogen) atoms. The molecule has 1 atom stereocenters. The fourth-order valence-corrected chi connectivity index (χ4v) is 4.16. The number of hydrogen-bond donors (Lipinski definition) is 1. The van der Waals surface area contributed by atoms with Crippen molar-refractivity contribution >= 4 is 17.4 Å². The molecule has 1 N–H and O–H groups in total. The van der Waals surface area contributed by atoms with Gasteiger partial charge in [-0.25, -0.2) is 4.39 Å². The molecule has 2 aromatic carbocycles. The van der Waals surface area contributed by atoms with E-state index in [0.717, 1.165) is 19.6 Å². The second-order valence-electron chi connectivity index (χ2n) is 7.89. The Balaban J connectivity index is 2.02. The molecular formula is C26H31FN2O4. The van der Waals surface area contributed by atoms with Gasteiger partial charge in [-0.05, 0) is 62.8 Å². The van der Waals surface area contributed by atoms with Gasteiger partial charge in [-0.1, -0.05) is 38.1 Å². The van der Waals surface area contributed by atoms with Crippen molar-refractivity contribution in [3.63, 3.8) is 0 Å². The molecule has 1 saturated heterocycles. The molecule has 3 rings (SSSR count). The zero-order valence-corrected chi connectivity index (χ0v) is 19.4. The summed E-state index contributed by atoms with van der Waals surface area (Å²) in [6.45, 7) is 9.37. The maximum absolute atomic E-state index is 13.6. The van der Waals surface area contributed by atoms with E-state index in [4.69, 9.17) is 4.74 Å². The van der Waals surface area contributed by atoms with Crippen molar-refractivity contribution in [2.24, 2.45) is 0 Å². The Morgan fingerprint density at radius 2 is 1.79 bits per heavy atom. The topological polar surface area (TPSA) is 70.1 Å². The van der Waals surface area contributed by atoms with E-state index in [1.807, 2.05) is 6.92 Å². The van der Waals surface area contributed by atoms with Gasteiger partial charge in [0.15, 0.2) is 0 Å². The molecule has 0 radical (unpaired) electrons. The lowest BCUT2D eigenvalue weighted by molar-refractivity contribution is -0.140. The Kier molecular flexibility index (Phi) is 8.22. The van der Waals surface area contributed by atoms with Crippen molar-refractivity contribution in [3.8, 4) is 5.75 Å². The number of rotatable bonds is 10. The predicted octanol–water partition coefficient (Wildman–Crippen LogP) is 4.38. The number of hydrogen-bond acceptors (Lipinski definition) is 5. The highest BCUT2D eigenvalue weighted by molar-refractivity contribution is 6.46. The number of carbonyl (C=O) groups excluding carboxylic acids is 2. The number of aliphatic hydroxyl groups excluding tert-OH is 1. The monoisotopic (exact) mass is 454 g/mol. The van der Waals surface area contributed by atoms with Crippen LogP contribution >= 0.6 is 0 Å². The van der Waals surface area contributed by atoms with Gasteiger partial charge in [0.25, 0.3) is 11.7 Å². The highest BCUT2D eigenvalue weighted by Crippen LogP contribution is 2.39. The van der Waals surface area contributed by atoms with Gasteiger partial charge in [-0.2, -0.15) is 0 Å². The first-order valence-corrected chi connectivity index (χ1v) is 11.4. The molecule has 0 aromatic heterocycles. The highest BCUT2D eigenvalue weighted by atomic mass is 19.1. The quantitative estimate of drug-likeness (QED) is 0.328. The summed E-state index contributed by atoms with van der Waals surface area (Å²) in [4.78, 5) is 29.8. The number of nitrogens with zero attached hydrogens (tertiary/aromatic N) is 2. The van der Waals surface area contributed by atoms with Crippen molar-refractivity contribution in [1.29, 1.82) is 0 Å². The second kappa shape index (κ2) is 11.1. The summed E-state index contributed by atoms with van der Waals surface area (Å²) in [5, 5.41) is 11.1. The summed E-state index contributed by atoms with van der Waals surface area (Å²) < 4.78 is 19.1. The summed E-state index contributed by atoms with van der Waals surface area (Å²) in [7, 11) is 0. The van der Waals surface area contributed by atoms with Gasteiger partial charge in [-0.15, -0.1) is 0 Å². The van der Waals surface area contributed by atoms with Crippen molar-refractivity contribution in [2.75, 3.05) is 32.8 Å². The summed E-state index contributed by atoms with van der Waals surface area (Å²) in [6, 6.07) is 11.7. The van der Waals surface area contributed by atoms with Gasteiger partial charge in [0, 0.05) is 12.1 Å². The largest absolute Gasteiger partial charge is 0.507 e. The maximum Gasteiger partial charge on any atom is 0.295 e. The highest BCUT2D eigenvalue weighted by Gasteiger charge is 2.45. The first kappa shape index (κ1) is 24.5. The first-order chi connectivity index (χ1) is 15.9. The van der Waals surface area contributed by atoms with E-state index in [1.165, 1.54) is 17.0 Å². The number of ketones is 1. The van der Waals surface area contributed by atoms with Crippen LogP contribution < -0.4 is 4.74 Å². The Morgan fingerprint density at radius 1 is 1.09 bits per heavy atom. The lowest BCUT2D eigenvalue weighted by atomic mass is 9.95. The molecule has 1 fully saturated rings. The number of ether oxygens (including phenoxy) is 1. The number of Topliss-reactive ketones (excluding diaryl/α,β-unsaturated/α-hetero) is 1. The van der Waals surface area contributed by atoms with Crippen LogP contribution in [0.25, 0.3) is 5.76 Å². The minimum atomic E-state index is -0.793. The molecule has 1 aliphatic heterocycles. The van der Waals surface area contributed by atoms with Crippen molar-refractivity contribution in [3.05, 3.63) is 71.0 Å². The van der Waals surface area contributed by atoms with Gasteiger partial charge in [0.05, 0.1) is 18.2 Å². The van der Waals surface area contributed by atoms with Crippen molar-refractivity contribution in [2.45, 2.75) is 33.2 Å². The van der Waals surface area contributed by atoms with Gasteiger partial charge in [0.2, 0.25) is 0 Å². The molecule has 176 valence electrons. The lowest BCUT2D eigenvalue weighted by Crippen LogP contribution is -2.33. The van der Waals surface area contributed by atoms with Crippen LogP contribution in [0.3, 0.4) is 0 Å². The normalized spacial score (nSPS) is 17.7. The molecule has 1 unspecified atom stereocenters. The first-order valence-electron chi connectivity index (χ1n) is 11.4. The van der Waals surface area contributed by atoms with E-state index in [1.54, 1.807) is 36.4 Å². The van der Waals surface area contributed by atoms with Crippen LogP contribution in [0.1, 0.15) is 44.4 Å². The second-order valence-corrected chi connectivity index (χ2v) is 7.89. The zero-order valence-electron chi connectivity index (χ0n) is 19.4. The standard InChI is InChI=1S/C26H31FN2O4/c1-4-28(5-2)15-8-16-29-23(18-11-13-20(27)14-12-18)22(25(31)26(29)32)24(30)19-9-7-10-21(17-19)33-6-3/h7,9-14,17,23,30H,4-6,8,15-16H2,1-3H3/b24-22+. The smallest absolute Gasteiger partial charge is 0.295 e. The molecule has 2 aromatic rings. The summed E-state index contributed by atoms with van der Waals surface area (Å²) in [5.41, 5.74) is 0.957. The fraction of sp³-hybridized carbons (Fsp3) is 0.385. The maximum atomic E-state index is 13.6. The minimum absolute atomic E-state index is 0.00287. The van der Waals surface area contributed by atoms with Gasteiger partial charge in [0.1, 0.15) is 17.3 Å². The number of amides is 1. The number of likely N-dealkylation sites (tertiary alicyclic amines) is 1. The number of carbonyl (C=O) groups is 2. The molecule has 1 heterocycles. The van der Waals surface area contributed by atoms with Gasteiger partial charge < -0.3 is 19.6 Å². The van der Waals surface area contributed by atoms with Crippen molar-refractivity contribution in [1.82, 2.24) is 9.80 Å². The Bertz CT molecular complexity index is 1020. The summed E-state index contributed by atoms with van der Waals surface area (Å²) in [6.07, 6.45) is 0.673. The third-order valence-electron chi connectivity index (χ3n) is 5.91. The fourth-order valence-electron chi connectivity index (χ4n) is 4.16. The molecule has 6 nitrogen and oxygen atoms in total. The zero-order chi connectivity index (χ0) is 24.0. The third-order valence-corrected chi connectivity index (χ3v) is 5.91. The van der Waals surface area contributed by atoms with E-state index in [9.17, 15) is 19.1 Å². The van der Waals surface area contributed by atoms with Crippen LogP contribution in [0, 0.1) is 5.82 Å². The number of benzene rings is 2. The SMILES string of the molecule is CCOc1cccc(/C(O)=C2\C(=O)C(=O)N(CCCN(CC)CC)C2c2ccc(F)cc2)c1. The van der Waals surface area contributed by atoms with E-state index >= 15 is 0 Å². The summed E-state index contributed by atoms with van der Waals surface area (Å²) in [5.74, 6) is -1.54. The molecule has 0 aliphatic carbocycles. The molecule has 0 bridgehead atoms. The molecule has 0 saturated carbocycles. The number of aliphatic hydroxyl groups is 1. The Labute approximate surface area is 194 Å². The van der Waals surface area contributed by atoms with E-state index < -0.39 is 23.5 Å². The van der Waals surface area contributed by atoms with Crippen LogP contribution in [0.2, 0.25) is 0 Å². The van der Waals surface area contributed by atoms with E-state index in [0.29, 0.717) is 36.4 Å². The van der Waals surface area contributed by atoms with Crippen LogP contribution in [0.15, 0.2) is 54.1 Å². The minimum Gasteiger partial charge on any atom is -0.507 e. The van der Waals surface area contributed by atoms with Crippen LogP contribution in [0.4, 0.5) is 4.39 Å². The van der Waals surface area contributed by atoms with E-state index in [2.05, 4.69) is 18.7 Å². The van der Waals surface area contributed by atoms with E-state index in [-0.39, 0.29) is 11.3 Å². The van der Waals surface area contributed by atoms with Crippen molar-refractivity contribution < 1.29 is 23.8 Å². The molecule has 1 amide bonds. The van der Waals surface area contributed by atoms with Crippen LogP contribution in [-0.2, 0) is 9.59 Å². The summed E-state index contributed by atoms with van der Waals surface area (Å²) >= 11 is 0. The lowest BCUT2D eigenvalue weighted by Gasteiger charge is -2.26. The van der Waals surface area contributed by atoms with Gasteiger partial charge in [-0.3, -0.25) is 9.59 Å². The molecule has 0 spiro atoms.